The molecule has 2 heterocycles. The average molecular weight is 395 g/mol. The molecule has 0 unspecified atom stereocenters. The Bertz CT molecular complexity index is 994. The Morgan fingerprint density at radius 1 is 1.25 bits per heavy atom. The molecule has 9 nitrogen and oxygen atoms in total. The Morgan fingerprint density at radius 2 is 1.96 bits per heavy atom. The van der Waals surface area contributed by atoms with Gasteiger partial charge in [0.15, 0.2) is 0 Å². The van der Waals surface area contributed by atoms with E-state index in [0.717, 1.165) is 5.56 Å². The van der Waals surface area contributed by atoms with E-state index >= 15 is 0 Å². The largest absolute Gasteiger partial charge is 0.471 e. The Balaban J connectivity index is 1.69. The van der Waals surface area contributed by atoms with Gasteiger partial charge < -0.3 is 4.52 Å². The van der Waals surface area contributed by atoms with Crippen LogP contribution in [0.25, 0.3) is 11.4 Å². The molecule has 0 aliphatic carbocycles. The lowest BCUT2D eigenvalue weighted by Gasteiger charge is -2.03. The van der Waals surface area contributed by atoms with Gasteiger partial charge in [0.1, 0.15) is 0 Å². The van der Waals surface area contributed by atoms with Gasteiger partial charge >= 0.3 is 18.0 Å². The van der Waals surface area contributed by atoms with Gasteiger partial charge in [0.2, 0.25) is 5.82 Å². The first kappa shape index (κ1) is 19.2. The molecule has 0 spiro atoms. The molecule has 12 heteroatoms. The van der Waals surface area contributed by atoms with E-state index in [9.17, 15) is 22.8 Å². The molecule has 28 heavy (non-hydrogen) atoms. The quantitative estimate of drug-likeness (QED) is 0.385. The van der Waals surface area contributed by atoms with Gasteiger partial charge in [-0.05, 0) is 5.56 Å². The summed E-state index contributed by atoms with van der Waals surface area (Å²) in [6, 6.07) is 6.34. The number of carbonyl (C=O) groups is 2. The van der Waals surface area contributed by atoms with Gasteiger partial charge in [-0.2, -0.15) is 23.3 Å². The van der Waals surface area contributed by atoms with Crippen LogP contribution in [0.15, 0.2) is 41.2 Å². The predicted octanol–water partition coefficient (Wildman–Crippen LogP) is 1.86. The van der Waals surface area contributed by atoms with Crippen LogP contribution in [-0.2, 0) is 22.4 Å². The summed E-state index contributed by atoms with van der Waals surface area (Å²) in [5, 5.41) is 7.31. The maximum atomic E-state index is 12.5. The van der Waals surface area contributed by atoms with Gasteiger partial charge in [0, 0.05) is 11.8 Å². The Kier molecular flexibility index (Phi) is 5.22. The van der Waals surface area contributed by atoms with E-state index in [1.54, 1.807) is 12.1 Å². The van der Waals surface area contributed by atoms with Crippen molar-refractivity contribution in [2.24, 2.45) is 0 Å². The minimum atomic E-state index is -4.71. The summed E-state index contributed by atoms with van der Waals surface area (Å²) in [5.41, 5.74) is 3.09. The van der Waals surface area contributed by atoms with E-state index in [4.69, 9.17) is 0 Å². The zero-order valence-corrected chi connectivity index (χ0v) is 14.2. The molecule has 0 fully saturated rings. The number of rotatable bonds is 6. The van der Waals surface area contributed by atoms with Crippen molar-refractivity contribution in [3.8, 4) is 11.4 Å². The zero-order chi connectivity index (χ0) is 20.3. The molecule has 0 saturated carbocycles. The van der Waals surface area contributed by atoms with Crippen molar-refractivity contribution < 1.29 is 32.1 Å². The fourth-order valence-corrected chi connectivity index (χ4v) is 2.24. The SMILES string of the molecule is CONC(=O)C(=O)c1cnn(Cc2ccc(-c3noc(C(F)(F)F)n3)cc2)c1. The predicted molar refractivity (Wildman–Crippen MR) is 85.5 cm³/mol. The third-order valence-corrected chi connectivity index (χ3v) is 3.52. The minimum Gasteiger partial charge on any atom is -0.329 e. The number of carbonyl (C=O) groups excluding carboxylic acids is 2. The van der Waals surface area contributed by atoms with E-state index in [-0.39, 0.29) is 17.9 Å². The fraction of sp³-hybridized carbons (Fsp3) is 0.188. The van der Waals surface area contributed by atoms with Crippen molar-refractivity contribution in [1.29, 1.82) is 0 Å². The van der Waals surface area contributed by atoms with Gasteiger partial charge in [-0.3, -0.25) is 19.1 Å². The Labute approximate surface area is 155 Å². The molecule has 0 aliphatic rings. The lowest BCUT2D eigenvalue weighted by molar-refractivity contribution is -0.159. The van der Waals surface area contributed by atoms with Crippen LogP contribution in [-0.4, -0.2) is 38.7 Å². The molecular formula is C16H12F3N5O4. The van der Waals surface area contributed by atoms with Crippen LogP contribution in [0.5, 0.6) is 0 Å². The van der Waals surface area contributed by atoms with Crippen LogP contribution in [0.3, 0.4) is 0 Å². The van der Waals surface area contributed by atoms with E-state index in [2.05, 4.69) is 24.6 Å². The lowest BCUT2D eigenvalue weighted by atomic mass is 10.1. The smallest absolute Gasteiger partial charge is 0.329 e. The fourth-order valence-electron chi connectivity index (χ4n) is 2.24. The number of hydrogen-bond donors (Lipinski definition) is 1. The van der Waals surface area contributed by atoms with Crippen LogP contribution >= 0.6 is 0 Å². The number of hydrogen-bond acceptors (Lipinski definition) is 7. The second-order valence-electron chi connectivity index (χ2n) is 5.51. The van der Waals surface area contributed by atoms with Gasteiger partial charge in [0.05, 0.1) is 25.4 Å². The molecule has 0 atom stereocenters. The lowest BCUT2D eigenvalue weighted by Crippen LogP contribution is -2.29. The number of nitrogens with zero attached hydrogens (tertiary/aromatic N) is 4. The molecule has 2 aromatic heterocycles. The van der Waals surface area contributed by atoms with Crippen LogP contribution in [0.4, 0.5) is 13.2 Å². The second kappa shape index (κ2) is 7.60. The number of ketones is 1. The first-order valence-electron chi connectivity index (χ1n) is 7.68. The van der Waals surface area contributed by atoms with Gasteiger partial charge in [0.25, 0.3) is 5.78 Å². The summed E-state index contributed by atoms with van der Waals surface area (Å²) < 4.78 is 43.2. The van der Waals surface area contributed by atoms with Crippen molar-refractivity contribution in [3.63, 3.8) is 0 Å². The van der Waals surface area contributed by atoms with Crippen LogP contribution < -0.4 is 5.48 Å². The molecule has 146 valence electrons. The topological polar surface area (TPSA) is 112 Å². The number of amides is 1. The molecule has 1 N–H and O–H groups in total. The molecule has 0 bridgehead atoms. The summed E-state index contributed by atoms with van der Waals surface area (Å²) in [6.07, 6.45) is -2.08. The maximum absolute atomic E-state index is 12.5. The third kappa shape index (κ3) is 4.23. The first-order valence-corrected chi connectivity index (χ1v) is 7.68. The van der Waals surface area contributed by atoms with Gasteiger partial charge in [-0.1, -0.05) is 29.4 Å². The number of Topliss-reactive ketones (excluding diaryl/α,β-unsaturated/α-hetero) is 1. The molecule has 3 rings (SSSR count). The van der Waals surface area contributed by atoms with Crippen LogP contribution in [0.2, 0.25) is 0 Å². The molecular weight excluding hydrogens is 383 g/mol. The van der Waals surface area contributed by atoms with E-state index < -0.39 is 23.8 Å². The van der Waals surface area contributed by atoms with Crippen molar-refractivity contribution in [2.45, 2.75) is 12.7 Å². The summed E-state index contributed by atoms with van der Waals surface area (Å²) in [7, 11) is 1.21. The number of aromatic nitrogens is 4. The summed E-state index contributed by atoms with van der Waals surface area (Å²) >= 11 is 0. The minimum absolute atomic E-state index is 0.0812. The van der Waals surface area contributed by atoms with Gasteiger partial charge in [-0.25, -0.2) is 5.48 Å². The normalized spacial score (nSPS) is 11.4. The van der Waals surface area contributed by atoms with E-state index in [1.165, 1.54) is 36.3 Å². The average Bonchev–Trinajstić information content (AvgIpc) is 3.31. The molecule has 0 radical (unpaired) electrons. The van der Waals surface area contributed by atoms with E-state index in [1.807, 2.05) is 5.48 Å². The zero-order valence-electron chi connectivity index (χ0n) is 14.2. The number of benzene rings is 1. The highest BCUT2D eigenvalue weighted by Crippen LogP contribution is 2.29. The maximum Gasteiger partial charge on any atom is 0.471 e. The summed E-state index contributed by atoms with van der Waals surface area (Å²) in [6.45, 7) is 0.263. The standard InChI is InChI=1S/C16H12F3N5O4/c1-27-23-14(26)12(25)11-6-20-24(8-11)7-9-2-4-10(5-3-9)13-21-15(28-22-13)16(17,18)19/h2-6,8H,7H2,1H3,(H,23,26). The highest BCUT2D eigenvalue weighted by atomic mass is 19.4. The monoisotopic (exact) mass is 395 g/mol. The molecule has 3 aromatic rings. The van der Waals surface area contributed by atoms with E-state index in [0.29, 0.717) is 5.56 Å². The molecule has 1 aromatic carbocycles. The van der Waals surface area contributed by atoms with Crippen molar-refractivity contribution in [2.75, 3.05) is 7.11 Å². The van der Waals surface area contributed by atoms with Gasteiger partial charge in [-0.15, -0.1) is 0 Å². The number of nitrogens with one attached hydrogen (secondary N) is 1. The number of halogens is 3. The highest BCUT2D eigenvalue weighted by molar-refractivity contribution is 6.42. The van der Waals surface area contributed by atoms with Crippen molar-refractivity contribution >= 4 is 11.7 Å². The van der Waals surface area contributed by atoms with Crippen LogP contribution in [0, 0.1) is 0 Å². The number of alkyl halides is 3. The van der Waals surface area contributed by atoms with Crippen molar-refractivity contribution in [3.05, 3.63) is 53.7 Å². The van der Waals surface area contributed by atoms with Crippen molar-refractivity contribution in [1.82, 2.24) is 25.4 Å². The molecule has 0 aliphatic heterocycles. The molecule has 1 amide bonds. The van der Waals surface area contributed by atoms with Crippen LogP contribution in [0.1, 0.15) is 21.8 Å². The second-order valence-corrected chi connectivity index (χ2v) is 5.51. The molecule has 0 saturated heterocycles. The Hall–Kier alpha value is -3.54. The number of hydroxylamine groups is 1. The first-order chi connectivity index (χ1) is 13.3. The third-order valence-electron chi connectivity index (χ3n) is 3.52. The summed E-state index contributed by atoms with van der Waals surface area (Å²) in [5.74, 6) is -3.33. The Morgan fingerprint density at radius 3 is 2.57 bits per heavy atom. The highest BCUT2D eigenvalue weighted by Gasteiger charge is 2.38. The summed E-state index contributed by atoms with van der Waals surface area (Å²) in [4.78, 5) is 31.0.